The van der Waals surface area contributed by atoms with Crippen molar-refractivity contribution < 1.29 is 14.7 Å². The first-order chi connectivity index (χ1) is 18.5. The molecule has 0 spiro atoms. The van der Waals surface area contributed by atoms with Crippen molar-refractivity contribution in [2.75, 3.05) is 37.6 Å². The van der Waals surface area contributed by atoms with Crippen molar-refractivity contribution in [2.24, 2.45) is 9.98 Å². The molecule has 38 heavy (non-hydrogen) atoms. The Hall–Kier alpha value is -4.26. The van der Waals surface area contributed by atoms with Crippen molar-refractivity contribution in [3.8, 4) is 0 Å². The smallest absolute Gasteiger partial charge is 0.303 e. The standard InChI is InChI=1S/C31H34N4O3/c1-2-11-25(31(38)35-20-18-34(19-21-35)27-14-7-4-8-15-27)22-26-23-32-30(24-12-5-3-6-13-24)28(33-26)16-9-10-17-29(36)37/h2-8,11-15,22H,1,9-10,16-21,23H2,(H,36,37)/b25-11+,26-22+. The Bertz CT molecular complexity index is 1250. The van der Waals surface area contributed by atoms with Crippen LogP contribution in [0.5, 0.6) is 0 Å². The number of carboxylic acid groups (broad SMARTS) is 1. The zero-order valence-electron chi connectivity index (χ0n) is 21.6. The number of piperazine rings is 1. The SMILES string of the molecule is C=C/C=C(\C=C1/CN=C(c2ccccc2)C(CCCCC(=O)O)=N1)C(=O)N1CCN(c2ccccc2)CC1. The Morgan fingerprint density at radius 1 is 0.947 bits per heavy atom. The predicted molar refractivity (Wildman–Crippen MR) is 153 cm³/mol. The number of aliphatic carboxylic acids is 1. The highest BCUT2D eigenvalue weighted by Crippen LogP contribution is 2.20. The van der Waals surface area contributed by atoms with E-state index in [1.54, 1.807) is 12.2 Å². The van der Waals surface area contributed by atoms with E-state index in [0.29, 0.717) is 50.2 Å². The van der Waals surface area contributed by atoms with Crippen LogP contribution in [0.25, 0.3) is 0 Å². The molecule has 0 atom stereocenters. The fourth-order valence-electron chi connectivity index (χ4n) is 4.66. The molecular weight excluding hydrogens is 476 g/mol. The summed E-state index contributed by atoms with van der Waals surface area (Å²) in [6, 6.07) is 20.1. The molecule has 4 rings (SSSR count). The van der Waals surface area contributed by atoms with E-state index in [4.69, 9.17) is 15.1 Å². The van der Waals surface area contributed by atoms with Crippen molar-refractivity contribution in [1.82, 2.24) is 4.90 Å². The maximum atomic E-state index is 13.5. The number of allylic oxidation sites excluding steroid dienone is 2. The number of carbonyl (C=O) groups excluding carboxylic acids is 1. The van der Waals surface area contributed by atoms with Gasteiger partial charge in [-0.3, -0.25) is 19.6 Å². The van der Waals surface area contributed by atoms with Gasteiger partial charge in [0.05, 0.1) is 23.7 Å². The van der Waals surface area contributed by atoms with Gasteiger partial charge in [0.2, 0.25) is 0 Å². The predicted octanol–water partition coefficient (Wildman–Crippen LogP) is 4.92. The number of carbonyl (C=O) groups is 2. The monoisotopic (exact) mass is 510 g/mol. The van der Waals surface area contributed by atoms with Gasteiger partial charge in [-0.2, -0.15) is 0 Å². The molecule has 7 nitrogen and oxygen atoms in total. The van der Waals surface area contributed by atoms with E-state index in [9.17, 15) is 9.59 Å². The van der Waals surface area contributed by atoms with E-state index >= 15 is 0 Å². The van der Waals surface area contributed by atoms with Gasteiger partial charge in [-0.05, 0) is 43.5 Å². The number of anilines is 1. The second-order valence-corrected chi connectivity index (χ2v) is 9.30. The number of hydrogen-bond donors (Lipinski definition) is 1. The van der Waals surface area contributed by atoms with Crippen LogP contribution in [-0.2, 0) is 9.59 Å². The van der Waals surface area contributed by atoms with Crippen molar-refractivity contribution in [2.45, 2.75) is 25.7 Å². The number of amides is 1. The summed E-state index contributed by atoms with van der Waals surface area (Å²) < 4.78 is 0. The molecule has 196 valence electrons. The first kappa shape index (κ1) is 26.8. The Kier molecular flexibility index (Phi) is 9.40. The van der Waals surface area contributed by atoms with Gasteiger partial charge < -0.3 is 14.9 Å². The van der Waals surface area contributed by atoms with Gasteiger partial charge in [0.1, 0.15) is 0 Å². The molecule has 2 heterocycles. The van der Waals surface area contributed by atoms with Gasteiger partial charge in [0.15, 0.2) is 0 Å². The van der Waals surface area contributed by atoms with E-state index in [2.05, 4.69) is 23.6 Å². The molecule has 0 unspecified atom stereocenters. The highest BCUT2D eigenvalue weighted by Gasteiger charge is 2.24. The summed E-state index contributed by atoms with van der Waals surface area (Å²) in [5.41, 5.74) is 5.05. The number of para-hydroxylation sites is 1. The summed E-state index contributed by atoms with van der Waals surface area (Å²) in [5.74, 6) is -0.836. The molecule has 0 bridgehead atoms. The minimum absolute atomic E-state index is 0.0406. The Balaban J connectivity index is 1.49. The third kappa shape index (κ3) is 7.16. The third-order valence-electron chi connectivity index (χ3n) is 6.61. The minimum Gasteiger partial charge on any atom is -0.481 e. The molecule has 2 aliphatic heterocycles. The second kappa shape index (κ2) is 13.3. The quantitative estimate of drug-likeness (QED) is 0.279. The van der Waals surface area contributed by atoms with E-state index in [1.165, 1.54) is 5.69 Å². The van der Waals surface area contributed by atoms with Crippen molar-refractivity contribution >= 4 is 29.0 Å². The molecule has 1 saturated heterocycles. The van der Waals surface area contributed by atoms with E-state index in [0.717, 1.165) is 30.1 Å². The second-order valence-electron chi connectivity index (χ2n) is 9.30. The van der Waals surface area contributed by atoms with Gasteiger partial charge in [0.25, 0.3) is 5.91 Å². The van der Waals surface area contributed by atoms with E-state index in [-0.39, 0.29) is 12.3 Å². The maximum absolute atomic E-state index is 13.5. The molecular formula is C31H34N4O3. The van der Waals surface area contributed by atoms with E-state index in [1.807, 2.05) is 59.5 Å². The number of carboxylic acids is 1. The van der Waals surface area contributed by atoms with Crippen LogP contribution in [0.1, 0.15) is 31.2 Å². The minimum atomic E-state index is -0.796. The largest absolute Gasteiger partial charge is 0.481 e. The number of unbranched alkanes of at least 4 members (excludes halogenated alkanes) is 1. The molecule has 1 N–H and O–H groups in total. The van der Waals surface area contributed by atoms with Crippen molar-refractivity contribution in [3.05, 3.63) is 102 Å². The van der Waals surface area contributed by atoms with Crippen LogP contribution in [0.15, 0.2) is 107 Å². The number of benzene rings is 2. The van der Waals surface area contributed by atoms with Crippen LogP contribution in [-0.4, -0.2) is 66.0 Å². The fourth-order valence-corrected chi connectivity index (χ4v) is 4.66. The lowest BCUT2D eigenvalue weighted by Crippen LogP contribution is -2.49. The highest BCUT2D eigenvalue weighted by atomic mass is 16.4. The van der Waals surface area contributed by atoms with Gasteiger partial charge in [-0.25, -0.2) is 0 Å². The normalized spacial score (nSPS) is 17.2. The fraction of sp³-hybridized carbons (Fsp3) is 0.290. The van der Waals surface area contributed by atoms with Crippen molar-refractivity contribution in [1.29, 1.82) is 0 Å². The van der Waals surface area contributed by atoms with E-state index < -0.39 is 5.97 Å². The summed E-state index contributed by atoms with van der Waals surface area (Å²) in [5, 5.41) is 8.99. The van der Waals surface area contributed by atoms with Crippen LogP contribution in [0.3, 0.4) is 0 Å². The Morgan fingerprint density at radius 2 is 1.63 bits per heavy atom. The lowest BCUT2D eigenvalue weighted by atomic mass is 9.99. The zero-order chi connectivity index (χ0) is 26.7. The topological polar surface area (TPSA) is 85.6 Å². The van der Waals surface area contributed by atoms with Gasteiger partial charge in [0, 0.05) is 49.4 Å². The van der Waals surface area contributed by atoms with Crippen LogP contribution in [0, 0.1) is 0 Å². The Morgan fingerprint density at radius 3 is 2.29 bits per heavy atom. The summed E-state index contributed by atoms with van der Waals surface area (Å²) in [4.78, 5) is 38.3. The molecule has 0 radical (unpaired) electrons. The summed E-state index contributed by atoms with van der Waals surface area (Å²) in [7, 11) is 0. The van der Waals surface area contributed by atoms with Gasteiger partial charge in [-0.15, -0.1) is 0 Å². The average Bonchev–Trinajstić information content (AvgIpc) is 2.96. The summed E-state index contributed by atoms with van der Waals surface area (Å²) >= 11 is 0. The van der Waals surface area contributed by atoms with Crippen LogP contribution in [0.2, 0.25) is 0 Å². The molecule has 1 fully saturated rings. The number of nitrogens with zero attached hydrogens (tertiary/aromatic N) is 4. The number of rotatable bonds is 10. The average molecular weight is 511 g/mol. The van der Waals surface area contributed by atoms with Gasteiger partial charge in [-0.1, -0.05) is 61.2 Å². The maximum Gasteiger partial charge on any atom is 0.303 e. The molecule has 2 aromatic carbocycles. The summed E-state index contributed by atoms with van der Waals surface area (Å²) in [6.45, 7) is 7.00. The zero-order valence-corrected chi connectivity index (χ0v) is 21.6. The number of hydrogen-bond acceptors (Lipinski definition) is 5. The van der Waals surface area contributed by atoms with Crippen LogP contribution in [0.4, 0.5) is 5.69 Å². The molecule has 7 heteroatoms. The van der Waals surface area contributed by atoms with Gasteiger partial charge >= 0.3 is 5.97 Å². The van der Waals surface area contributed by atoms with Crippen molar-refractivity contribution in [3.63, 3.8) is 0 Å². The molecule has 0 aliphatic carbocycles. The molecule has 2 aliphatic rings. The molecule has 2 aromatic rings. The molecule has 0 aromatic heterocycles. The van der Waals surface area contributed by atoms with Crippen LogP contribution < -0.4 is 4.90 Å². The van der Waals surface area contributed by atoms with Crippen LogP contribution >= 0.6 is 0 Å². The lowest BCUT2D eigenvalue weighted by Gasteiger charge is -2.36. The third-order valence-corrected chi connectivity index (χ3v) is 6.61. The first-order valence-electron chi connectivity index (χ1n) is 13.1. The lowest BCUT2D eigenvalue weighted by molar-refractivity contribution is -0.137. The number of aliphatic imine (C=N–C) groups is 2. The molecule has 0 saturated carbocycles. The highest BCUT2D eigenvalue weighted by molar-refractivity contribution is 6.49. The summed E-state index contributed by atoms with van der Waals surface area (Å²) in [6.07, 6.45) is 7.20. The Labute approximate surface area is 224 Å². The first-order valence-corrected chi connectivity index (χ1v) is 13.1. The molecule has 1 amide bonds.